The minimum atomic E-state index is 0.589. The van der Waals surface area contributed by atoms with Gasteiger partial charge in [-0.05, 0) is 37.1 Å². The van der Waals surface area contributed by atoms with Gasteiger partial charge in [0, 0.05) is 17.6 Å². The van der Waals surface area contributed by atoms with Crippen LogP contribution in [0.4, 0.5) is 0 Å². The second kappa shape index (κ2) is 5.80. The van der Waals surface area contributed by atoms with Gasteiger partial charge in [0.15, 0.2) is 6.29 Å². The van der Waals surface area contributed by atoms with E-state index in [1.807, 2.05) is 36.4 Å². The molecule has 0 saturated heterocycles. The number of aldehydes is 1. The van der Waals surface area contributed by atoms with Gasteiger partial charge in [0.05, 0.1) is 5.70 Å². The van der Waals surface area contributed by atoms with Crippen LogP contribution >= 0.6 is 0 Å². The minimum Gasteiger partial charge on any atom is -0.356 e. The summed E-state index contributed by atoms with van der Waals surface area (Å²) in [6, 6.07) is 5.89. The van der Waals surface area contributed by atoms with E-state index in [2.05, 4.69) is 10.3 Å². The monoisotopic (exact) mass is 226 g/mol. The molecule has 1 N–H and O–H groups in total. The number of nitrogens with one attached hydrogen (secondary N) is 1. The van der Waals surface area contributed by atoms with Crippen LogP contribution in [0.2, 0.25) is 0 Å². The Kier molecular flexibility index (Phi) is 3.86. The van der Waals surface area contributed by atoms with Gasteiger partial charge in [-0.15, -0.1) is 0 Å². The van der Waals surface area contributed by atoms with Crippen LogP contribution in [0.25, 0.3) is 0 Å². The van der Waals surface area contributed by atoms with Gasteiger partial charge in [-0.3, -0.25) is 9.78 Å². The Morgan fingerprint density at radius 2 is 2.06 bits per heavy atom. The molecule has 2 heterocycles. The molecule has 3 heteroatoms. The highest BCUT2D eigenvalue weighted by Crippen LogP contribution is 2.08. The molecule has 0 saturated carbocycles. The van der Waals surface area contributed by atoms with E-state index in [4.69, 9.17) is 0 Å². The molecular weight excluding hydrogens is 212 g/mol. The topological polar surface area (TPSA) is 42.0 Å². The quantitative estimate of drug-likeness (QED) is 0.800. The van der Waals surface area contributed by atoms with Crippen LogP contribution in [0.15, 0.2) is 60.1 Å². The Morgan fingerprint density at radius 1 is 1.18 bits per heavy atom. The van der Waals surface area contributed by atoms with Crippen LogP contribution in [0, 0.1) is 0 Å². The molecule has 0 radical (unpaired) electrons. The number of carbonyl (C=O) groups is 1. The van der Waals surface area contributed by atoms with Gasteiger partial charge in [-0.1, -0.05) is 18.2 Å². The molecule has 3 nitrogen and oxygen atoms in total. The van der Waals surface area contributed by atoms with E-state index in [-0.39, 0.29) is 0 Å². The van der Waals surface area contributed by atoms with E-state index in [1.165, 1.54) is 0 Å². The maximum absolute atomic E-state index is 10.7. The van der Waals surface area contributed by atoms with Gasteiger partial charge in [0.2, 0.25) is 0 Å². The molecule has 0 amide bonds. The summed E-state index contributed by atoms with van der Waals surface area (Å²) < 4.78 is 0. The van der Waals surface area contributed by atoms with Crippen LogP contribution in [-0.4, -0.2) is 11.3 Å². The average Bonchev–Trinajstić information content (AvgIpc) is 2.62. The Bertz CT molecular complexity index is 472. The number of pyridine rings is 1. The van der Waals surface area contributed by atoms with Gasteiger partial charge in [-0.25, -0.2) is 0 Å². The molecule has 0 spiro atoms. The highest BCUT2D eigenvalue weighted by atomic mass is 16.1. The highest BCUT2D eigenvalue weighted by molar-refractivity contribution is 5.73. The van der Waals surface area contributed by atoms with E-state index in [1.54, 1.807) is 12.3 Å². The first-order valence-electron chi connectivity index (χ1n) is 5.58. The first-order valence-corrected chi connectivity index (χ1v) is 5.58. The Hall–Kier alpha value is -2.16. The lowest BCUT2D eigenvalue weighted by molar-refractivity contribution is -0.105. The predicted octanol–water partition coefficient (Wildman–Crippen LogP) is 2.14. The first-order chi connectivity index (χ1) is 8.38. The molecule has 1 aromatic heterocycles. The summed E-state index contributed by atoms with van der Waals surface area (Å²) in [7, 11) is 0. The third kappa shape index (κ3) is 3.41. The lowest BCUT2D eigenvalue weighted by Gasteiger charge is -2.08. The molecule has 0 bridgehead atoms. The summed E-state index contributed by atoms with van der Waals surface area (Å²) in [6.07, 6.45) is 11.8. The van der Waals surface area contributed by atoms with E-state index < -0.39 is 0 Å². The van der Waals surface area contributed by atoms with Gasteiger partial charge >= 0.3 is 0 Å². The maximum atomic E-state index is 10.7. The van der Waals surface area contributed by atoms with E-state index in [0.29, 0.717) is 5.70 Å². The first kappa shape index (κ1) is 11.3. The summed E-state index contributed by atoms with van der Waals surface area (Å²) in [5.74, 6) is 0. The number of nitrogens with zero attached hydrogens (tertiary/aromatic N) is 1. The van der Waals surface area contributed by atoms with Crippen molar-refractivity contribution in [3.63, 3.8) is 0 Å². The molecule has 2 rings (SSSR count). The number of carbonyl (C=O) groups excluding carboxylic acids is 1. The fourth-order valence-electron chi connectivity index (χ4n) is 1.62. The Labute approximate surface area is 101 Å². The van der Waals surface area contributed by atoms with Crippen molar-refractivity contribution in [1.82, 2.24) is 10.3 Å². The normalized spacial score (nSPS) is 14.4. The number of rotatable bonds is 4. The van der Waals surface area contributed by atoms with Gasteiger partial charge in [-0.2, -0.15) is 0 Å². The predicted molar refractivity (Wildman–Crippen MR) is 67.1 cm³/mol. The Morgan fingerprint density at radius 3 is 2.82 bits per heavy atom. The second-order valence-electron chi connectivity index (χ2n) is 3.76. The van der Waals surface area contributed by atoms with Crippen molar-refractivity contribution in [1.29, 1.82) is 0 Å². The lowest BCUT2D eigenvalue weighted by Crippen LogP contribution is -2.13. The fraction of sp³-hybridized carbons (Fsp3) is 0.143. The largest absolute Gasteiger partial charge is 0.356 e. The van der Waals surface area contributed by atoms with Crippen molar-refractivity contribution in [3.05, 3.63) is 65.8 Å². The van der Waals surface area contributed by atoms with Gasteiger partial charge < -0.3 is 5.32 Å². The Balaban J connectivity index is 1.96. The van der Waals surface area contributed by atoms with Crippen LogP contribution in [0.3, 0.4) is 0 Å². The number of hydrogen-bond acceptors (Lipinski definition) is 3. The number of aryl methyl sites for hydroxylation is 1. The summed E-state index contributed by atoms with van der Waals surface area (Å²) in [5, 5.41) is 3.10. The highest BCUT2D eigenvalue weighted by Gasteiger charge is 2.02. The third-order valence-corrected chi connectivity index (χ3v) is 2.49. The number of allylic oxidation sites excluding steroid dienone is 6. The molecule has 0 atom stereocenters. The molecule has 0 aliphatic carbocycles. The number of hydrogen-bond donors (Lipinski definition) is 1. The standard InChI is InChI=1S/C14H14N2O/c17-11-14-7-2-1-6-13(16-14)9-8-12-5-3-4-10-15-12/h1-7,10-11,16H,8-9H2. The molecular formula is C14H14N2O. The third-order valence-electron chi connectivity index (χ3n) is 2.49. The molecule has 86 valence electrons. The average molecular weight is 226 g/mol. The zero-order chi connectivity index (χ0) is 11.9. The van der Waals surface area contributed by atoms with Crippen molar-refractivity contribution >= 4 is 6.29 Å². The summed E-state index contributed by atoms with van der Waals surface area (Å²) in [5.41, 5.74) is 2.67. The van der Waals surface area contributed by atoms with Crippen LogP contribution in [-0.2, 0) is 11.2 Å². The lowest BCUT2D eigenvalue weighted by atomic mass is 10.1. The SMILES string of the molecule is O=CC1=CC=CC=C(CCc2ccccn2)N1. The van der Waals surface area contributed by atoms with Crippen molar-refractivity contribution in [3.8, 4) is 0 Å². The fourth-order valence-corrected chi connectivity index (χ4v) is 1.62. The smallest absolute Gasteiger partial charge is 0.166 e. The van der Waals surface area contributed by atoms with Crippen molar-refractivity contribution in [2.45, 2.75) is 12.8 Å². The molecule has 0 unspecified atom stereocenters. The molecule has 1 aliphatic rings. The van der Waals surface area contributed by atoms with Crippen molar-refractivity contribution in [2.24, 2.45) is 0 Å². The molecule has 0 fully saturated rings. The minimum absolute atomic E-state index is 0.589. The van der Waals surface area contributed by atoms with Gasteiger partial charge in [0.1, 0.15) is 0 Å². The van der Waals surface area contributed by atoms with Crippen molar-refractivity contribution in [2.75, 3.05) is 0 Å². The molecule has 1 aromatic rings. The second-order valence-corrected chi connectivity index (χ2v) is 3.76. The summed E-state index contributed by atoms with van der Waals surface area (Å²) in [4.78, 5) is 15.0. The van der Waals surface area contributed by atoms with E-state index in [9.17, 15) is 4.79 Å². The van der Waals surface area contributed by atoms with E-state index >= 15 is 0 Å². The van der Waals surface area contributed by atoms with Crippen LogP contribution in [0.5, 0.6) is 0 Å². The maximum Gasteiger partial charge on any atom is 0.166 e. The molecule has 1 aliphatic heterocycles. The zero-order valence-corrected chi connectivity index (χ0v) is 9.47. The van der Waals surface area contributed by atoms with Crippen LogP contribution < -0.4 is 5.32 Å². The van der Waals surface area contributed by atoms with Gasteiger partial charge in [0.25, 0.3) is 0 Å². The summed E-state index contributed by atoms with van der Waals surface area (Å²) in [6.45, 7) is 0. The number of aromatic nitrogens is 1. The van der Waals surface area contributed by atoms with Crippen LogP contribution in [0.1, 0.15) is 12.1 Å². The summed E-state index contributed by atoms with van der Waals surface area (Å²) >= 11 is 0. The zero-order valence-electron chi connectivity index (χ0n) is 9.47. The molecule has 0 aromatic carbocycles. The van der Waals surface area contributed by atoms with Crippen molar-refractivity contribution < 1.29 is 4.79 Å². The van der Waals surface area contributed by atoms with E-state index in [0.717, 1.165) is 30.5 Å². The molecule has 17 heavy (non-hydrogen) atoms.